The van der Waals surface area contributed by atoms with Gasteiger partial charge in [-0.1, -0.05) is 30.3 Å². The van der Waals surface area contributed by atoms with Crippen LogP contribution in [0.15, 0.2) is 91.1 Å². The molecule has 0 atom stereocenters. The summed E-state index contributed by atoms with van der Waals surface area (Å²) in [5.41, 5.74) is 4.62. The van der Waals surface area contributed by atoms with Gasteiger partial charge in [-0.05, 0) is 59.7 Å². The molecule has 0 saturated heterocycles. The van der Waals surface area contributed by atoms with Gasteiger partial charge < -0.3 is 28.9 Å². The number of hydrogen-bond acceptors (Lipinski definition) is 7. The van der Waals surface area contributed by atoms with Gasteiger partial charge in [-0.3, -0.25) is 0 Å². The fourth-order valence-corrected chi connectivity index (χ4v) is 4.18. The molecule has 1 aromatic heterocycles. The van der Waals surface area contributed by atoms with Gasteiger partial charge in [-0.25, -0.2) is 4.98 Å². The summed E-state index contributed by atoms with van der Waals surface area (Å²) in [7, 11) is 9.82. The molecule has 0 fully saturated rings. The molecule has 0 N–H and O–H groups in total. The van der Waals surface area contributed by atoms with E-state index in [1.807, 2.05) is 67.5 Å². The van der Waals surface area contributed by atoms with Gasteiger partial charge in [-0.15, -0.1) is 0 Å². The molecule has 0 spiro atoms. The Morgan fingerprint density at radius 3 is 1.85 bits per heavy atom. The first-order chi connectivity index (χ1) is 18.9. The fraction of sp³-hybridized carbons (Fsp3) is 0.281. The van der Waals surface area contributed by atoms with Crippen LogP contribution in [0.5, 0.6) is 17.2 Å². The number of hydrogen-bond donors (Lipinski definition) is 0. The first kappa shape index (κ1) is 27.6. The molecule has 7 nitrogen and oxygen atoms in total. The molecule has 3 aromatic carbocycles. The van der Waals surface area contributed by atoms with Crippen LogP contribution in [0.1, 0.15) is 11.1 Å². The van der Waals surface area contributed by atoms with Crippen molar-refractivity contribution < 1.29 is 14.2 Å². The Kier molecular flexibility index (Phi) is 9.51. The number of pyridine rings is 1. The van der Waals surface area contributed by atoms with E-state index < -0.39 is 0 Å². The van der Waals surface area contributed by atoms with Crippen molar-refractivity contribution in [1.29, 1.82) is 0 Å². The van der Waals surface area contributed by atoms with Gasteiger partial charge in [0.05, 0.1) is 13.3 Å². The molecule has 0 unspecified atom stereocenters. The predicted molar refractivity (Wildman–Crippen MR) is 160 cm³/mol. The lowest BCUT2D eigenvalue weighted by atomic mass is 10.1. The lowest BCUT2D eigenvalue weighted by Gasteiger charge is -2.25. The van der Waals surface area contributed by atoms with Crippen molar-refractivity contribution in [3.63, 3.8) is 0 Å². The summed E-state index contributed by atoms with van der Waals surface area (Å²) in [5, 5.41) is 0. The Labute approximate surface area is 232 Å². The lowest BCUT2D eigenvalue weighted by Crippen LogP contribution is -2.23. The summed E-state index contributed by atoms with van der Waals surface area (Å²) >= 11 is 0. The van der Waals surface area contributed by atoms with Crippen molar-refractivity contribution in [3.05, 3.63) is 102 Å². The molecule has 0 aliphatic rings. The van der Waals surface area contributed by atoms with Gasteiger partial charge in [0.25, 0.3) is 0 Å². The van der Waals surface area contributed by atoms with Crippen LogP contribution < -0.4 is 28.9 Å². The van der Waals surface area contributed by atoms with E-state index in [9.17, 15) is 0 Å². The van der Waals surface area contributed by atoms with E-state index in [0.29, 0.717) is 32.1 Å². The molecule has 204 valence electrons. The second-order valence-electron chi connectivity index (χ2n) is 9.71. The van der Waals surface area contributed by atoms with Gasteiger partial charge in [0.15, 0.2) is 0 Å². The molecule has 4 aromatic rings. The number of anilines is 3. The monoisotopic (exact) mass is 526 g/mol. The van der Waals surface area contributed by atoms with Crippen LogP contribution >= 0.6 is 0 Å². The molecule has 0 saturated carbocycles. The number of rotatable bonds is 13. The van der Waals surface area contributed by atoms with E-state index in [2.05, 4.69) is 60.3 Å². The van der Waals surface area contributed by atoms with Gasteiger partial charge in [0.2, 0.25) is 0 Å². The Bertz CT molecular complexity index is 1330. The molecule has 0 aliphatic carbocycles. The zero-order valence-electron chi connectivity index (χ0n) is 23.5. The average molecular weight is 527 g/mol. The molecular formula is C32H38N4O3. The normalized spacial score (nSPS) is 10.6. The summed E-state index contributed by atoms with van der Waals surface area (Å²) in [5.74, 6) is 3.25. The molecule has 39 heavy (non-hydrogen) atoms. The molecule has 0 bridgehead atoms. The summed E-state index contributed by atoms with van der Waals surface area (Å²) in [6.07, 6.45) is 1.77. The zero-order valence-corrected chi connectivity index (χ0v) is 23.5. The SMILES string of the molecule is COc1cccc(CN(Cc2cccc(N(C)C)c2)c2ccc(OCCOc3cccc(N(C)C)c3)cn2)c1. The molecule has 0 amide bonds. The maximum atomic E-state index is 5.91. The van der Waals surface area contributed by atoms with Gasteiger partial charge in [0.1, 0.15) is 36.3 Å². The highest BCUT2D eigenvalue weighted by Gasteiger charge is 2.12. The topological polar surface area (TPSA) is 50.3 Å². The first-order valence-electron chi connectivity index (χ1n) is 13.0. The van der Waals surface area contributed by atoms with E-state index in [0.717, 1.165) is 28.6 Å². The number of benzene rings is 3. The first-order valence-corrected chi connectivity index (χ1v) is 13.0. The maximum Gasteiger partial charge on any atom is 0.137 e. The van der Waals surface area contributed by atoms with Crippen molar-refractivity contribution in [3.8, 4) is 17.2 Å². The van der Waals surface area contributed by atoms with Gasteiger partial charge >= 0.3 is 0 Å². The van der Waals surface area contributed by atoms with Crippen molar-refractivity contribution in [2.24, 2.45) is 0 Å². The zero-order chi connectivity index (χ0) is 27.6. The Hall–Kier alpha value is -4.39. The van der Waals surface area contributed by atoms with Crippen molar-refractivity contribution >= 4 is 17.2 Å². The summed E-state index contributed by atoms with van der Waals surface area (Å²) < 4.78 is 17.2. The highest BCUT2D eigenvalue weighted by atomic mass is 16.5. The summed E-state index contributed by atoms with van der Waals surface area (Å²) in [6, 6.07) is 28.7. The number of methoxy groups -OCH3 is 1. The Morgan fingerprint density at radius 1 is 0.615 bits per heavy atom. The largest absolute Gasteiger partial charge is 0.497 e. The Morgan fingerprint density at radius 2 is 1.21 bits per heavy atom. The molecular weight excluding hydrogens is 488 g/mol. The van der Waals surface area contributed by atoms with E-state index in [1.165, 1.54) is 11.3 Å². The quantitative estimate of drug-likeness (QED) is 0.202. The second-order valence-corrected chi connectivity index (χ2v) is 9.71. The third-order valence-corrected chi connectivity index (χ3v) is 6.31. The number of nitrogens with zero attached hydrogens (tertiary/aromatic N) is 4. The van der Waals surface area contributed by atoms with Gasteiger partial charge in [0, 0.05) is 58.7 Å². The highest BCUT2D eigenvalue weighted by molar-refractivity contribution is 5.50. The number of aromatic nitrogens is 1. The van der Waals surface area contributed by atoms with Crippen LogP contribution in [0.2, 0.25) is 0 Å². The van der Waals surface area contributed by atoms with E-state index in [1.54, 1.807) is 13.3 Å². The molecule has 7 heteroatoms. The minimum Gasteiger partial charge on any atom is -0.497 e. The Balaban J connectivity index is 1.42. The van der Waals surface area contributed by atoms with Gasteiger partial charge in [-0.2, -0.15) is 0 Å². The molecule has 4 rings (SSSR count). The third-order valence-electron chi connectivity index (χ3n) is 6.31. The third kappa shape index (κ3) is 8.04. The highest BCUT2D eigenvalue weighted by Crippen LogP contribution is 2.24. The lowest BCUT2D eigenvalue weighted by molar-refractivity contribution is 0.216. The molecule has 0 radical (unpaired) electrons. The van der Waals surface area contributed by atoms with Crippen LogP contribution in [0.25, 0.3) is 0 Å². The average Bonchev–Trinajstić information content (AvgIpc) is 2.96. The summed E-state index contributed by atoms with van der Waals surface area (Å²) in [6.45, 7) is 2.28. The second kappa shape index (κ2) is 13.4. The van der Waals surface area contributed by atoms with Crippen molar-refractivity contribution in [1.82, 2.24) is 4.98 Å². The van der Waals surface area contributed by atoms with E-state index in [4.69, 9.17) is 19.2 Å². The van der Waals surface area contributed by atoms with Crippen molar-refractivity contribution in [2.45, 2.75) is 13.1 Å². The maximum absolute atomic E-state index is 5.91. The summed E-state index contributed by atoms with van der Waals surface area (Å²) in [4.78, 5) is 11.2. The van der Waals surface area contributed by atoms with Crippen LogP contribution in [-0.4, -0.2) is 53.5 Å². The van der Waals surface area contributed by atoms with E-state index >= 15 is 0 Å². The van der Waals surface area contributed by atoms with E-state index in [-0.39, 0.29) is 0 Å². The van der Waals surface area contributed by atoms with Crippen LogP contribution in [0.3, 0.4) is 0 Å². The van der Waals surface area contributed by atoms with Crippen LogP contribution in [0, 0.1) is 0 Å². The number of ether oxygens (including phenoxy) is 3. The van der Waals surface area contributed by atoms with Crippen molar-refractivity contribution in [2.75, 3.05) is 63.2 Å². The minimum absolute atomic E-state index is 0.429. The van der Waals surface area contributed by atoms with Crippen LogP contribution in [-0.2, 0) is 13.1 Å². The van der Waals surface area contributed by atoms with Crippen LogP contribution in [0.4, 0.5) is 17.2 Å². The predicted octanol–water partition coefficient (Wildman–Crippen LogP) is 5.89. The fourth-order valence-electron chi connectivity index (χ4n) is 4.18. The standard InChI is InChI=1S/C32H38N4O3/c1-34(2)27-11-6-9-25(19-27)23-36(24-26-10-7-13-29(20-26)37-5)32-16-15-31(22-33-32)39-18-17-38-30-14-8-12-28(21-30)35(3)4/h6-16,19-22H,17-18,23-24H2,1-5H3. The molecule has 1 heterocycles. The molecule has 0 aliphatic heterocycles. The minimum atomic E-state index is 0.429. The smallest absolute Gasteiger partial charge is 0.137 e.